The van der Waals surface area contributed by atoms with Gasteiger partial charge in [-0.1, -0.05) is 0 Å². The smallest absolute Gasteiger partial charge is 0.251 e. The Labute approximate surface area is 110 Å². The fourth-order valence-electron chi connectivity index (χ4n) is 2.53. The van der Waals surface area contributed by atoms with Gasteiger partial charge in [-0.15, -0.1) is 0 Å². The van der Waals surface area contributed by atoms with E-state index in [0.717, 1.165) is 31.4 Å². The Morgan fingerprint density at radius 3 is 2.95 bits per heavy atom. The first kappa shape index (κ1) is 12.2. The van der Waals surface area contributed by atoms with Gasteiger partial charge in [0, 0.05) is 19.7 Å². The summed E-state index contributed by atoms with van der Waals surface area (Å²) < 4.78 is 14.5. The van der Waals surface area contributed by atoms with Crippen molar-refractivity contribution < 1.29 is 9.47 Å². The normalized spacial score (nSPS) is 19.8. The number of ether oxygens (including phenoxy) is 2. The van der Waals surface area contributed by atoms with Crippen LogP contribution >= 0.6 is 0 Å². The second-order valence-corrected chi connectivity index (χ2v) is 4.74. The third-order valence-corrected chi connectivity index (χ3v) is 3.54. The Morgan fingerprint density at radius 1 is 1.42 bits per heavy atom. The van der Waals surface area contributed by atoms with Gasteiger partial charge in [-0.2, -0.15) is 5.10 Å². The topological polar surface area (TPSA) is 58.3 Å². The summed E-state index contributed by atoms with van der Waals surface area (Å²) in [7, 11) is 3.31. The molecule has 102 valence electrons. The summed E-state index contributed by atoms with van der Waals surface area (Å²) in [6, 6.07) is 3.24. The molecule has 6 heteroatoms. The third kappa shape index (κ3) is 1.92. The molecular weight excluding hydrogens is 246 g/mol. The second-order valence-electron chi connectivity index (χ2n) is 4.74. The monoisotopic (exact) mass is 263 g/mol. The molecule has 0 N–H and O–H groups in total. The Balaban J connectivity index is 2.19. The van der Waals surface area contributed by atoms with Crippen molar-refractivity contribution in [2.75, 3.05) is 13.7 Å². The van der Waals surface area contributed by atoms with Crippen LogP contribution in [0.2, 0.25) is 0 Å². The van der Waals surface area contributed by atoms with Gasteiger partial charge < -0.3 is 14.0 Å². The average Bonchev–Trinajstić information content (AvgIpc) is 2.83. The van der Waals surface area contributed by atoms with E-state index in [4.69, 9.17) is 9.47 Å². The van der Waals surface area contributed by atoms with E-state index in [2.05, 4.69) is 5.10 Å². The summed E-state index contributed by atoms with van der Waals surface area (Å²) in [5, 5.41) is 4.52. The summed E-state index contributed by atoms with van der Waals surface area (Å²) in [6.07, 6.45) is 3.01. The molecule has 0 saturated carbocycles. The molecule has 0 radical (unpaired) electrons. The summed E-state index contributed by atoms with van der Waals surface area (Å²) in [5.41, 5.74) is 1.38. The van der Waals surface area contributed by atoms with E-state index in [1.54, 1.807) is 29.5 Å². The molecule has 2 aromatic rings. The summed E-state index contributed by atoms with van der Waals surface area (Å²) in [4.78, 5) is 11.7. The molecule has 1 unspecified atom stereocenters. The maximum Gasteiger partial charge on any atom is 0.251 e. The van der Waals surface area contributed by atoms with Crippen LogP contribution in [0.5, 0.6) is 5.88 Å². The number of pyridine rings is 1. The van der Waals surface area contributed by atoms with Crippen LogP contribution in [-0.4, -0.2) is 28.1 Å². The standard InChI is InChI=1S/C13H17N3O3/c1-15-10(17)7-6-9-12(15)13(18-2)16(14-9)11-5-3-4-8-19-11/h6-7,11H,3-5,8H2,1-2H3. The number of aromatic nitrogens is 3. The molecule has 19 heavy (non-hydrogen) atoms. The van der Waals surface area contributed by atoms with Crippen LogP contribution in [0.15, 0.2) is 16.9 Å². The number of nitrogens with zero attached hydrogens (tertiary/aromatic N) is 3. The molecule has 0 spiro atoms. The largest absolute Gasteiger partial charge is 0.480 e. The van der Waals surface area contributed by atoms with E-state index in [1.165, 1.54) is 6.07 Å². The fraction of sp³-hybridized carbons (Fsp3) is 0.538. The van der Waals surface area contributed by atoms with Crippen LogP contribution < -0.4 is 10.3 Å². The summed E-state index contributed by atoms with van der Waals surface area (Å²) in [5.74, 6) is 0.585. The zero-order chi connectivity index (χ0) is 13.4. The van der Waals surface area contributed by atoms with Crippen molar-refractivity contribution in [3.63, 3.8) is 0 Å². The van der Waals surface area contributed by atoms with Gasteiger partial charge in [0.05, 0.1) is 7.11 Å². The lowest BCUT2D eigenvalue weighted by atomic mass is 10.2. The van der Waals surface area contributed by atoms with Gasteiger partial charge in [0.15, 0.2) is 6.23 Å². The lowest BCUT2D eigenvalue weighted by molar-refractivity contribution is -0.0427. The van der Waals surface area contributed by atoms with Gasteiger partial charge >= 0.3 is 0 Å². The van der Waals surface area contributed by atoms with Crippen molar-refractivity contribution in [3.8, 4) is 5.88 Å². The third-order valence-electron chi connectivity index (χ3n) is 3.54. The van der Waals surface area contributed by atoms with E-state index < -0.39 is 0 Å². The molecule has 3 rings (SSSR count). The fourth-order valence-corrected chi connectivity index (χ4v) is 2.53. The number of rotatable bonds is 2. The number of hydrogen-bond acceptors (Lipinski definition) is 4. The van der Waals surface area contributed by atoms with Gasteiger partial charge in [0.1, 0.15) is 11.0 Å². The van der Waals surface area contributed by atoms with E-state index in [9.17, 15) is 4.79 Å². The molecule has 6 nitrogen and oxygen atoms in total. The Bertz CT molecular complexity index is 653. The molecule has 1 atom stereocenters. The van der Waals surface area contributed by atoms with E-state index >= 15 is 0 Å². The maximum absolute atomic E-state index is 11.7. The summed E-state index contributed by atoms with van der Waals surface area (Å²) in [6.45, 7) is 0.739. The minimum atomic E-state index is -0.105. The zero-order valence-electron chi connectivity index (χ0n) is 11.1. The van der Waals surface area contributed by atoms with Crippen molar-refractivity contribution in [3.05, 3.63) is 22.5 Å². The molecule has 3 heterocycles. The van der Waals surface area contributed by atoms with Crippen molar-refractivity contribution in [1.29, 1.82) is 0 Å². The van der Waals surface area contributed by atoms with Crippen LogP contribution in [0.25, 0.3) is 11.0 Å². The highest BCUT2D eigenvalue weighted by Gasteiger charge is 2.23. The number of methoxy groups -OCH3 is 1. The van der Waals surface area contributed by atoms with E-state index in [1.807, 2.05) is 0 Å². The second kappa shape index (κ2) is 4.70. The predicted octanol–water partition coefficient (Wildman–Crippen LogP) is 1.44. The maximum atomic E-state index is 11.7. The van der Waals surface area contributed by atoms with Crippen molar-refractivity contribution in [2.45, 2.75) is 25.5 Å². The molecule has 0 aliphatic carbocycles. The van der Waals surface area contributed by atoms with Crippen LogP contribution in [0, 0.1) is 0 Å². The number of aryl methyl sites for hydroxylation is 1. The predicted molar refractivity (Wildman–Crippen MR) is 70.4 cm³/mol. The van der Waals surface area contributed by atoms with Crippen LogP contribution in [-0.2, 0) is 11.8 Å². The van der Waals surface area contributed by atoms with Gasteiger partial charge in [-0.3, -0.25) is 4.79 Å². The molecule has 1 saturated heterocycles. The molecular formula is C13H17N3O3. The van der Waals surface area contributed by atoms with Crippen LogP contribution in [0.3, 0.4) is 0 Å². The molecule has 1 aliphatic heterocycles. The molecule has 0 aromatic carbocycles. The lowest BCUT2D eigenvalue weighted by Crippen LogP contribution is -2.20. The lowest BCUT2D eigenvalue weighted by Gasteiger charge is -2.23. The van der Waals surface area contributed by atoms with Gasteiger partial charge in [-0.05, 0) is 25.3 Å². The molecule has 1 fully saturated rings. The van der Waals surface area contributed by atoms with Crippen molar-refractivity contribution >= 4 is 11.0 Å². The number of hydrogen-bond donors (Lipinski definition) is 0. The van der Waals surface area contributed by atoms with Crippen molar-refractivity contribution in [2.24, 2.45) is 7.05 Å². The quantitative estimate of drug-likeness (QED) is 0.822. The minimum Gasteiger partial charge on any atom is -0.480 e. The van der Waals surface area contributed by atoms with E-state index in [-0.39, 0.29) is 11.8 Å². The first-order valence-electron chi connectivity index (χ1n) is 6.46. The average molecular weight is 263 g/mol. The first-order chi connectivity index (χ1) is 9.22. The van der Waals surface area contributed by atoms with E-state index in [0.29, 0.717) is 11.4 Å². The molecule has 2 aromatic heterocycles. The SMILES string of the molecule is COc1c2c(ccc(=O)n2C)nn1C1CCCCO1. The first-order valence-corrected chi connectivity index (χ1v) is 6.46. The Kier molecular flexibility index (Phi) is 3.02. The Hall–Kier alpha value is -1.82. The van der Waals surface area contributed by atoms with Crippen molar-refractivity contribution in [1.82, 2.24) is 14.3 Å². The number of fused-ring (bicyclic) bond motifs is 1. The van der Waals surface area contributed by atoms with Gasteiger partial charge in [0.25, 0.3) is 5.56 Å². The van der Waals surface area contributed by atoms with Gasteiger partial charge in [-0.25, -0.2) is 4.68 Å². The van der Waals surface area contributed by atoms with Crippen LogP contribution in [0.4, 0.5) is 0 Å². The molecule has 0 amide bonds. The highest BCUT2D eigenvalue weighted by atomic mass is 16.5. The minimum absolute atomic E-state index is 0.0742. The highest BCUT2D eigenvalue weighted by molar-refractivity contribution is 5.80. The van der Waals surface area contributed by atoms with Gasteiger partial charge in [0.2, 0.25) is 5.88 Å². The van der Waals surface area contributed by atoms with Crippen LogP contribution in [0.1, 0.15) is 25.5 Å². The Morgan fingerprint density at radius 2 is 2.26 bits per heavy atom. The zero-order valence-corrected chi connectivity index (χ0v) is 11.1. The highest BCUT2D eigenvalue weighted by Crippen LogP contribution is 2.31. The molecule has 0 bridgehead atoms. The molecule has 1 aliphatic rings. The summed E-state index contributed by atoms with van der Waals surface area (Å²) >= 11 is 0.